The van der Waals surface area contributed by atoms with E-state index in [9.17, 15) is 9.59 Å². The quantitative estimate of drug-likeness (QED) is 0.848. The van der Waals surface area contributed by atoms with Crippen LogP contribution in [0.5, 0.6) is 0 Å². The monoisotopic (exact) mass is 278 g/mol. The van der Waals surface area contributed by atoms with E-state index in [4.69, 9.17) is 9.84 Å². The third kappa shape index (κ3) is 3.33. The molecule has 1 heterocycles. The summed E-state index contributed by atoms with van der Waals surface area (Å²) in [5, 5.41) is 11.7. The van der Waals surface area contributed by atoms with E-state index in [1.165, 1.54) is 18.3 Å². The van der Waals surface area contributed by atoms with Crippen molar-refractivity contribution in [2.45, 2.75) is 25.4 Å². The van der Waals surface area contributed by atoms with Crippen molar-refractivity contribution in [1.82, 2.24) is 10.3 Å². The molecule has 0 spiro atoms. The Hall–Kier alpha value is -1.95. The molecule has 2 N–H and O–H groups in total. The maximum Gasteiger partial charge on any atom is 0.354 e. The van der Waals surface area contributed by atoms with Crippen LogP contribution < -0.4 is 5.32 Å². The zero-order chi connectivity index (χ0) is 14.5. The highest BCUT2D eigenvalue weighted by molar-refractivity contribution is 5.96. The number of methoxy groups -OCH3 is 1. The highest BCUT2D eigenvalue weighted by Crippen LogP contribution is 2.27. The zero-order valence-electron chi connectivity index (χ0n) is 11.3. The van der Waals surface area contributed by atoms with Crippen molar-refractivity contribution < 1.29 is 19.4 Å². The summed E-state index contributed by atoms with van der Waals surface area (Å²) < 4.78 is 5.37. The van der Waals surface area contributed by atoms with Gasteiger partial charge in [0.05, 0.1) is 6.10 Å². The van der Waals surface area contributed by atoms with Crippen LogP contribution in [0.25, 0.3) is 0 Å². The number of carboxylic acid groups (broad SMARTS) is 1. The van der Waals surface area contributed by atoms with Gasteiger partial charge in [-0.15, -0.1) is 0 Å². The lowest BCUT2D eigenvalue weighted by atomic mass is 10.1. The van der Waals surface area contributed by atoms with Gasteiger partial charge in [0.2, 0.25) is 0 Å². The molecule has 1 aliphatic rings. The summed E-state index contributed by atoms with van der Waals surface area (Å²) in [7, 11) is 1.69. The van der Waals surface area contributed by atoms with E-state index in [1.54, 1.807) is 7.11 Å². The van der Waals surface area contributed by atoms with E-state index >= 15 is 0 Å². The number of nitrogens with zero attached hydrogens (tertiary/aromatic N) is 1. The topological polar surface area (TPSA) is 88.5 Å². The zero-order valence-corrected chi connectivity index (χ0v) is 11.3. The minimum Gasteiger partial charge on any atom is -0.477 e. The van der Waals surface area contributed by atoms with E-state index in [1.807, 2.05) is 0 Å². The van der Waals surface area contributed by atoms with Gasteiger partial charge in [0, 0.05) is 31.3 Å². The van der Waals surface area contributed by atoms with Crippen molar-refractivity contribution in [3.05, 3.63) is 29.6 Å². The average Bonchev–Trinajstić information content (AvgIpc) is 2.92. The van der Waals surface area contributed by atoms with Crippen LogP contribution in [0.3, 0.4) is 0 Å². The molecule has 0 aromatic carbocycles. The summed E-state index contributed by atoms with van der Waals surface area (Å²) in [5.41, 5.74) is 0.178. The Balaban J connectivity index is 1.95. The van der Waals surface area contributed by atoms with Gasteiger partial charge in [-0.25, -0.2) is 9.78 Å². The fourth-order valence-electron chi connectivity index (χ4n) is 2.56. The first-order valence-electron chi connectivity index (χ1n) is 6.62. The molecule has 0 saturated heterocycles. The summed E-state index contributed by atoms with van der Waals surface area (Å²) in [6, 6.07) is 2.78. The molecule has 0 bridgehead atoms. The van der Waals surface area contributed by atoms with Gasteiger partial charge in [-0.2, -0.15) is 0 Å². The maximum atomic E-state index is 12.0. The molecule has 1 fully saturated rings. The Morgan fingerprint density at radius 3 is 3.00 bits per heavy atom. The molecule has 2 atom stereocenters. The lowest BCUT2D eigenvalue weighted by Gasteiger charge is -2.18. The molecule has 108 valence electrons. The number of amides is 1. The standard InChI is InChI=1S/C14H18N2O4/c1-20-12-4-2-3-10(12)8-16-13(17)9-5-6-15-11(7-9)14(18)19/h5-7,10,12H,2-4,8H2,1H3,(H,16,17)(H,18,19). The Morgan fingerprint density at radius 2 is 2.30 bits per heavy atom. The van der Waals surface area contributed by atoms with Gasteiger partial charge in [-0.3, -0.25) is 4.79 Å². The molecule has 0 aliphatic heterocycles. The van der Waals surface area contributed by atoms with Gasteiger partial charge in [0.1, 0.15) is 5.69 Å². The Labute approximate surface area is 117 Å². The first kappa shape index (κ1) is 14.5. The second-order valence-electron chi connectivity index (χ2n) is 4.91. The lowest BCUT2D eigenvalue weighted by Crippen LogP contribution is -2.33. The molecule has 0 radical (unpaired) electrons. The number of nitrogens with one attached hydrogen (secondary N) is 1. The maximum absolute atomic E-state index is 12.0. The van der Waals surface area contributed by atoms with Crippen LogP contribution in [0.1, 0.15) is 40.1 Å². The molecule has 2 unspecified atom stereocenters. The predicted molar refractivity (Wildman–Crippen MR) is 71.7 cm³/mol. The van der Waals surface area contributed by atoms with Gasteiger partial charge >= 0.3 is 5.97 Å². The third-order valence-corrected chi connectivity index (χ3v) is 3.66. The summed E-state index contributed by atoms with van der Waals surface area (Å²) in [4.78, 5) is 26.5. The second-order valence-corrected chi connectivity index (χ2v) is 4.91. The first-order chi connectivity index (χ1) is 9.61. The van der Waals surface area contributed by atoms with Crippen LogP contribution in [-0.2, 0) is 4.74 Å². The number of ether oxygens (including phenoxy) is 1. The molecule has 6 nitrogen and oxygen atoms in total. The number of hydrogen-bond acceptors (Lipinski definition) is 4. The summed E-state index contributed by atoms with van der Waals surface area (Å²) >= 11 is 0. The average molecular weight is 278 g/mol. The van der Waals surface area contributed by atoms with Crippen LogP contribution in [0, 0.1) is 5.92 Å². The van der Waals surface area contributed by atoms with Crippen molar-refractivity contribution in [2.24, 2.45) is 5.92 Å². The SMILES string of the molecule is COC1CCCC1CNC(=O)c1ccnc(C(=O)O)c1. The Morgan fingerprint density at radius 1 is 1.50 bits per heavy atom. The van der Waals surface area contributed by atoms with Crippen molar-refractivity contribution in [3.8, 4) is 0 Å². The number of hydrogen-bond donors (Lipinski definition) is 2. The predicted octanol–water partition coefficient (Wildman–Crippen LogP) is 1.32. The van der Waals surface area contributed by atoms with E-state index in [0.717, 1.165) is 19.3 Å². The molecule has 20 heavy (non-hydrogen) atoms. The van der Waals surface area contributed by atoms with E-state index in [-0.39, 0.29) is 17.7 Å². The number of rotatable bonds is 5. The molecular formula is C14H18N2O4. The van der Waals surface area contributed by atoms with Gasteiger partial charge in [-0.1, -0.05) is 6.42 Å². The molecule has 1 aromatic heterocycles. The number of carbonyl (C=O) groups is 2. The van der Waals surface area contributed by atoms with Crippen molar-refractivity contribution in [1.29, 1.82) is 0 Å². The third-order valence-electron chi connectivity index (χ3n) is 3.66. The largest absolute Gasteiger partial charge is 0.477 e. The van der Waals surface area contributed by atoms with Gasteiger partial charge in [0.25, 0.3) is 5.91 Å². The highest BCUT2D eigenvalue weighted by Gasteiger charge is 2.27. The Kier molecular flexibility index (Phi) is 4.68. The minimum atomic E-state index is -1.14. The van der Waals surface area contributed by atoms with E-state index < -0.39 is 5.97 Å². The number of aromatic carboxylic acids is 1. The number of carboxylic acids is 1. The molecular weight excluding hydrogens is 260 g/mol. The van der Waals surface area contributed by atoms with Crippen LogP contribution in [0.4, 0.5) is 0 Å². The fourth-order valence-corrected chi connectivity index (χ4v) is 2.56. The van der Waals surface area contributed by atoms with Gasteiger partial charge in [-0.05, 0) is 25.0 Å². The van der Waals surface area contributed by atoms with E-state index in [2.05, 4.69) is 10.3 Å². The summed E-state index contributed by atoms with van der Waals surface area (Å²) in [6.07, 6.45) is 4.69. The first-order valence-corrected chi connectivity index (χ1v) is 6.62. The highest BCUT2D eigenvalue weighted by atomic mass is 16.5. The normalized spacial score (nSPS) is 21.6. The smallest absolute Gasteiger partial charge is 0.354 e. The minimum absolute atomic E-state index is 0.131. The summed E-state index contributed by atoms with van der Waals surface area (Å²) in [5.74, 6) is -1.10. The fraction of sp³-hybridized carbons (Fsp3) is 0.500. The van der Waals surface area contributed by atoms with Gasteiger partial charge in [0.15, 0.2) is 0 Å². The summed E-state index contributed by atoms with van der Waals surface area (Å²) in [6.45, 7) is 0.544. The molecule has 1 amide bonds. The molecule has 1 aromatic rings. The second kappa shape index (κ2) is 6.47. The Bertz CT molecular complexity index is 504. The van der Waals surface area contributed by atoms with Crippen molar-refractivity contribution >= 4 is 11.9 Å². The molecule has 1 saturated carbocycles. The van der Waals surface area contributed by atoms with Crippen LogP contribution in [0.2, 0.25) is 0 Å². The van der Waals surface area contributed by atoms with Crippen LogP contribution in [0.15, 0.2) is 18.3 Å². The molecule has 1 aliphatic carbocycles. The number of aromatic nitrogens is 1. The van der Waals surface area contributed by atoms with Gasteiger partial charge < -0.3 is 15.2 Å². The van der Waals surface area contributed by atoms with Crippen molar-refractivity contribution in [3.63, 3.8) is 0 Å². The lowest BCUT2D eigenvalue weighted by molar-refractivity contribution is 0.0683. The molecule has 2 rings (SSSR count). The van der Waals surface area contributed by atoms with Crippen molar-refractivity contribution in [2.75, 3.05) is 13.7 Å². The van der Waals surface area contributed by atoms with Crippen LogP contribution in [-0.4, -0.2) is 41.7 Å². The number of carbonyl (C=O) groups excluding carboxylic acids is 1. The van der Waals surface area contributed by atoms with Crippen LogP contribution >= 0.6 is 0 Å². The molecule has 6 heteroatoms. The van der Waals surface area contributed by atoms with E-state index in [0.29, 0.717) is 18.0 Å². The number of pyridine rings is 1.